The average molecular weight is 2190 g/mol. The van der Waals surface area contributed by atoms with E-state index in [0.717, 1.165) is 141 Å². The zero-order valence-corrected chi connectivity index (χ0v) is 93.2. The number of likely N-dealkylation sites (N-methyl/N-ethyl adjacent to an activating group) is 3. The monoisotopic (exact) mass is 2190 g/mol. The normalized spacial score (nSPS) is 17.6. The molecule has 4 amide bonds. The first-order valence-corrected chi connectivity index (χ1v) is 57.0. The lowest BCUT2D eigenvalue weighted by molar-refractivity contribution is -0.870. The van der Waals surface area contributed by atoms with Crippen molar-refractivity contribution in [2.45, 2.75) is 219 Å². The predicted octanol–water partition coefficient (Wildman–Crippen LogP) is 19.4. The van der Waals surface area contributed by atoms with Gasteiger partial charge in [-0.15, -0.1) is 0 Å². The molecule has 2 aliphatic heterocycles. The van der Waals surface area contributed by atoms with Crippen LogP contribution in [0.25, 0.3) is 33.3 Å². The number of halogens is 1. The molecule has 4 unspecified atom stereocenters. The van der Waals surface area contributed by atoms with Crippen molar-refractivity contribution >= 4 is 111 Å². The Bertz CT molecular complexity index is 5440. The number of likely N-dealkylation sites (tertiary alicyclic amines) is 1. The van der Waals surface area contributed by atoms with Gasteiger partial charge in [-0.2, -0.15) is 11.8 Å². The number of anilines is 3. The van der Waals surface area contributed by atoms with E-state index in [2.05, 4.69) is 178 Å². The molecule has 6 fully saturated rings. The number of nitrogens with one attached hydrogen (secondary N) is 6. The van der Waals surface area contributed by atoms with E-state index < -0.39 is 37.4 Å². The number of hydrogen-bond acceptors (Lipinski definition) is 24. The number of allylic oxidation sites excluding steroid dienone is 1. The fourth-order valence-electron chi connectivity index (χ4n) is 19.4. The number of quaternary nitrogens is 1. The molecule has 32 heteroatoms. The highest BCUT2D eigenvalue weighted by molar-refractivity contribution is 14.1. The van der Waals surface area contributed by atoms with Crippen molar-refractivity contribution in [1.29, 1.82) is 0 Å². The molecule has 15 rings (SSSR count). The number of thioether (sulfide) groups is 1. The Balaban J connectivity index is 0.000000207. The van der Waals surface area contributed by atoms with Crippen molar-refractivity contribution in [3.05, 3.63) is 231 Å². The number of pyridine rings is 1. The number of rotatable bonds is 52. The van der Waals surface area contributed by atoms with Crippen molar-refractivity contribution in [1.82, 2.24) is 50.7 Å². The van der Waals surface area contributed by atoms with Gasteiger partial charge in [0.1, 0.15) is 43.4 Å². The Labute approximate surface area is 897 Å². The second kappa shape index (κ2) is 65.9. The maximum Gasteiger partial charge on any atom is 0.268 e. The zero-order chi connectivity index (χ0) is 107. The number of hydrogen-bond donors (Lipinski definition) is 11. The van der Waals surface area contributed by atoms with E-state index in [1.54, 1.807) is 31.2 Å². The summed E-state index contributed by atoms with van der Waals surface area (Å²) in [5, 5.41) is 55.5. The molecular formula is C116H167IN13O16PS. The number of phosphoric ester groups is 1. The summed E-state index contributed by atoms with van der Waals surface area (Å²) in [7, 11) is 7.03. The molecule has 11 N–H and O–H groups in total. The van der Waals surface area contributed by atoms with Gasteiger partial charge in [0.05, 0.1) is 58.9 Å². The van der Waals surface area contributed by atoms with Crippen LogP contribution in [0.3, 0.4) is 0 Å². The smallest absolute Gasteiger partial charge is 0.268 e. The summed E-state index contributed by atoms with van der Waals surface area (Å²) >= 11 is 4.23. The second-order valence-electron chi connectivity index (χ2n) is 41.3. The number of nitrogens with zero attached hydrogens (tertiary/aromatic N) is 7. The number of carbonyl (C=O) groups excluding carboxylic acids is 5. The number of ketones is 1. The highest BCUT2D eigenvalue weighted by atomic mass is 127. The summed E-state index contributed by atoms with van der Waals surface area (Å²) < 4.78 is 35.3. The number of piperazine rings is 1. The number of carbonyl (C=O) groups is 5. The first kappa shape index (κ1) is 122. The lowest BCUT2D eigenvalue weighted by Gasteiger charge is -2.53. The third kappa shape index (κ3) is 44.2. The van der Waals surface area contributed by atoms with Gasteiger partial charge in [-0.3, -0.25) is 48.5 Å². The molecular weight excluding hydrogens is 2020 g/mol. The first-order chi connectivity index (χ1) is 71.3. The Morgan fingerprint density at radius 3 is 1.93 bits per heavy atom. The number of methoxy groups -OCH3 is 1. The molecule has 4 saturated carbocycles. The molecule has 6 atom stereocenters. The number of aromatic amines is 1. The van der Waals surface area contributed by atoms with Crippen molar-refractivity contribution in [2.75, 3.05) is 156 Å². The highest BCUT2D eigenvalue weighted by Gasteiger charge is 2.54. The average Bonchev–Trinajstić information content (AvgIpc) is 0.893. The van der Waals surface area contributed by atoms with Crippen LogP contribution >= 0.6 is 42.2 Å². The second-order valence-corrected chi connectivity index (χ2v) is 45.1. The Hall–Kier alpha value is -9.23. The number of H-pyrrole nitrogens is 1. The largest absolute Gasteiger partial charge is 0.756 e. The first-order valence-electron chi connectivity index (χ1n) is 53.4. The number of fused-ring (bicyclic) bond motifs is 1. The zero-order valence-electron chi connectivity index (χ0n) is 89.3. The fourth-order valence-corrected chi connectivity index (χ4v) is 21.6. The van der Waals surface area contributed by atoms with E-state index >= 15 is 0 Å². The van der Waals surface area contributed by atoms with Gasteiger partial charge >= 0.3 is 0 Å². The van der Waals surface area contributed by atoms with Gasteiger partial charge in [-0.1, -0.05) is 202 Å². The molecule has 4 aliphatic carbocycles. The molecule has 5 heterocycles. The van der Waals surface area contributed by atoms with Gasteiger partial charge in [-0.05, 0) is 249 Å². The van der Waals surface area contributed by atoms with E-state index in [9.17, 15) is 38.5 Å². The maximum absolute atomic E-state index is 12.9. The number of aliphatic hydroxyl groups is 4. The van der Waals surface area contributed by atoms with Gasteiger partial charge in [0.15, 0.2) is 0 Å². The Morgan fingerprint density at radius 1 is 0.709 bits per heavy atom. The number of phosphoric acid groups is 1. The summed E-state index contributed by atoms with van der Waals surface area (Å²) in [6, 6.07) is 54.5. The van der Waals surface area contributed by atoms with Crippen molar-refractivity contribution in [3.8, 4) is 17.0 Å². The number of amides is 4. The van der Waals surface area contributed by atoms with Crippen LogP contribution in [-0.2, 0) is 50.5 Å². The van der Waals surface area contributed by atoms with Crippen molar-refractivity contribution in [2.24, 2.45) is 35.5 Å². The van der Waals surface area contributed by atoms with Crippen molar-refractivity contribution < 1.29 is 82.1 Å². The molecule has 9 aromatic rings. The van der Waals surface area contributed by atoms with E-state index in [1.165, 1.54) is 160 Å². The Kier molecular flexibility index (Phi) is 54.4. The third-order valence-electron chi connectivity index (χ3n) is 27.4. The number of Topliss-reactive ketones (excluding diaryl/α,β-unsaturated/α-hetero) is 1. The number of aromatic nitrogens is 4. The number of para-hydroxylation sites is 1. The minimum atomic E-state index is -4.26. The van der Waals surface area contributed by atoms with Crippen LogP contribution in [0.5, 0.6) is 5.75 Å². The molecule has 148 heavy (non-hydrogen) atoms. The highest BCUT2D eigenvalue weighted by Crippen LogP contribution is 2.54. The van der Waals surface area contributed by atoms with E-state index in [4.69, 9.17) is 39.0 Å². The molecule has 2 saturated heterocycles. The Morgan fingerprint density at radius 2 is 1.34 bits per heavy atom. The lowest BCUT2D eigenvalue weighted by Crippen LogP contribution is -2.54. The SMILES string of the molecule is CC/C(=C(\c1ccc(I)cc1)c1ccc(OCCN2CCCC2)cc1)c1ccccc1.CCCCCCCCCCCCCCCCSCC(COC)COP(=O)([O-])OCC[N+](C)(C)C.CNC(=O)[C@H](Cc1c[nH]c2ccccc12)NC(=O)[C@@H](CC(=O)NO)CC(C)C.Cc1ccc(NC(=O)c2ccc(CN3CCN(C)CC3)cc2)cc1Nc1nccc(-c2cccnc2)n1.O=C1C2CC3CC1CC(O)(C3)C2.OCC(O)CO. The molecule has 6 aliphatic rings. The minimum absolute atomic E-state index is 0.0471. The number of hydroxylamine groups is 1. The van der Waals surface area contributed by atoms with Crippen LogP contribution in [0.15, 0.2) is 189 Å². The van der Waals surface area contributed by atoms with E-state index in [-0.39, 0.29) is 74.2 Å². The van der Waals surface area contributed by atoms with Crippen LogP contribution in [0.2, 0.25) is 0 Å². The molecule has 3 aromatic heterocycles. The number of aryl methyl sites for hydroxylation is 1. The third-order valence-corrected chi connectivity index (χ3v) is 30.4. The standard InChI is InChI=1S/C29H31N7O.C28H30INO.C26H56NO5PS.C20H28N4O4.C10H14O2.C3H8O3/c1-21-5-10-25(18-27(21)34-29-31-13-11-26(33-29)24-4-3-12-30-19-24)32-28(37)23-8-6-22(7-9-23)20-36-16-14-35(2)15-17-36;1-2-27(22-8-4-3-5-9-22)28(23-10-14-25(29)15-11-23)24-12-16-26(17-13-24)31-21-20-30-18-6-7-19-30;1-6-7-8-9-10-11-12-13-14-15-16-17-18-19-22-34-25-26(23-30-5)24-32-33(28,29)31-21-20-27(2,3)4;1-12(2)8-13(10-18(25)24-28)19(26)23-17(20(27)21-3)9-14-11-22-16-7-5-4-6-15(14)16;11-9-7-1-6-2-8(9)5-10(12,3-6)4-7;4-1-3(6)2-5/h3-13,18-19H,14-17,20H2,1-2H3,(H,32,37)(H,31,33,34);3-5,8-17H,2,6-7,18-21H2,1H3;26H,6-25H2,1-5H3;4-7,11-13,17,22,28H,8-10H2,1-3H3,(H,21,27)(H,23,26)(H,24,25);6-8,12H,1-5H2;3-6H,1-2H2/b;28-27-;;;;/t;;;13-,17+;;/m...1../s1. The number of unbranched alkanes of at least 4 members (excludes halogenated alkanes) is 13. The number of benzene rings is 6. The quantitative estimate of drug-likeness (QED) is 0.00321. The topological polar surface area (TPSA) is 388 Å². The van der Waals surface area contributed by atoms with Gasteiger partial charge in [0.25, 0.3) is 13.7 Å². The van der Waals surface area contributed by atoms with Crippen LogP contribution in [0.1, 0.15) is 226 Å². The van der Waals surface area contributed by atoms with E-state index in [0.29, 0.717) is 59.4 Å². The van der Waals surface area contributed by atoms with Crippen LogP contribution in [0.4, 0.5) is 17.3 Å². The fraction of sp³-hybridized carbons (Fsp3) is 0.534. The summed E-state index contributed by atoms with van der Waals surface area (Å²) in [5.41, 5.74) is 15.5. The van der Waals surface area contributed by atoms with Gasteiger partial charge in [0, 0.05) is 157 Å². The lowest BCUT2D eigenvalue weighted by atomic mass is 9.54. The number of ether oxygens (including phenoxy) is 2. The minimum Gasteiger partial charge on any atom is -0.756 e. The summed E-state index contributed by atoms with van der Waals surface area (Å²) in [5.74, 6) is 3.04. The van der Waals surface area contributed by atoms with E-state index in [1.807, 2.05) is 145 Å². The molecule has 0 radical (unpaired) electrons. The number of aliphatic hydroxyl groups excluding tert-OH is 3. The molecule has 4 bridgehead atoms. The molecule has 29 nitrogen and oxygen atoms in total. The van der Waals surface area contributed by atoms with Gasteiger partial charge in [-0.25, -0.2) is 15.4 Å². The summed E-state index contributed by atoms with van der Waals surface area (Å²) in [4.78, 5) is 96.8. The van der Waals surface area contributed by atoms with Crippen LogP contribution < -0.4 is 36.4 Å². The molecule has 6 aromatic carbocycles. The summed E-state index contributed by atoms with van der Waals surface area (Å²) in [6.45, 7) is 20.5. The van der Waals surface area contributed by atoms with Crippen LogP contribution in [-0.4, -0.2) is 258 Å². The van der Waals surface area contributed by atoms with Crippen molar-refractivity contribution in [3.63, 3.8) is 0 Å². The van der Waals surface area contributed by atoms with Crippen LogP contribution in [0, 0.1) is 46.0 Å². The maximum atomic E-state index is 12.9. The molecule has 0 spiro atoms. The molecule has 810 valence electrons. The van der Waals surface area contributed by atoms with Gasteiger partial charge in [0.2, 0.25) is 23.7 Å². The summed E-state index contributed by atoms with van der Waals surface area (Å²) in [6.07, 6.45) is 34.2. The predicted molar refractivity (Wildman–Crippen MR) is 601 cm³/mol. The van der Waals surface area contributed by atoms with Gasteiger partial charge < -0.3 is 79.5 Å².